The van der Waals surface area contributed by atoms with Crippen molar-refractivity contribution in [2.45, 2.75) is 13.3 Å². The molecule has 2 aromatic rings. The van der Waals surface area contributed by atoms with Gasteiger partial charge in [-0.2, -0.15) is 0 Å². The Balaban J connectivity index is 1.69. The molecule has 0 radical (unpaired) electrons. The fourth-order valence-electron chi connectivity index (χ4n) is 2.81. The summed E-state index contributed by atoms with van der Waals surface area (Å²) in [4.78, 5) is 14.5. The van der Waals surface area contributed by atoms with Gasteiger partial charge in [-0.25, -0.2) is 4.39 Å². The zero-order valence-electron chi connectivity index (χ0n) is 12.9. The van der Waals surface area contributed by atoms with Gasteiger partial charge in [-0.05, 0) is 54.8 Å². The summed E-state index contributed by atoms with van der Waals surface area (Å²) in [6.45, 7) is 4.40. The molecule has 0 spiro atoms. The minimum atomic E-state index is -0.442. The van der Waals surface area contributed by atoms with Crippen LogP contribution in [0.25, 0.3) is 0 Å². The minimum Gasteiger partial charge on any atom is -0.371 e. The molecule has 2 aromatic carbocycles. The molecule has 0 saturated carbocycles. The van der Waals surface area contributed by atoms with E-state index in [9.17, 15) is 9.18 Å². The van der Waals surface area contributed by atoms with Crippen molar-refractivity contribution in [2.24, 2.45) is 5.92 Å². The predicted molar refractivity (Wildman–Crippen MR) is 94.5 cm³/mol. The molecule has 1 saturated heterocycles. The lowest BCUT2D eigenvalue weighted by Crippen LogP contribution is -2.19. The Bertz CT molecular complexity index is 697. The summed E-state index contributed by atoms with van der Waals surface area (Å²) < 4.78 is 13.9. The second kappa shape index (κ2) is 6.71. The van der Waals surface area contributed by atoms with Crippen LogP contribution in [-0.4, -0.2) is 19.0 Å². The molecule has 3 nitrogen and oxygen atoms in total. The van der Waals surface area contributed by atoms with E-state index >= 15 is 0 Å². The van der Waals surface area contributed by atoms with Crippen LogP contribution in [0.2, 0.25) is 0 Å². The quantitative estimate of drug-likeness (QED) is 0.842. The van der Waals surface area contributed by atoms with Crippen molar-refractivity contribution in [3.05, 3.63) is 58.3 Å². The molecule has 1 N–H and O–H groups in total. The summed E-state index contributed by atoms with van der Waals surface area (Å²) in [5.41, 5.74) is 2.15. The molecular weight excluding hydrogens is 359 g/mol. The van der Waals surface area contributed by atoms with Crippen molar-refractivity contribution >= 4 is 33.2 Å². The minimum absolute atomic E-state index is 0.286. The van der Waals surface area contributed by atoms with E-state index in [0.717, 1.165) is 19.0 Å². The molecule has 1 fully saturated rings. The highest BCUT2D eigenvalue weighted by atomic mass is 79.9. The van der Waals surface area contributed by atoms with Gasteiger partial charge in [0, 0.05) is 34.5 Å². The van der Waals surface area contributed by atoms with Crippen molar-refractivity contribution in [2.75, 3.05) is 23.3 Å². The van der Waals surface area contributed by atoms with Gasteiger partial charge in [-0.15, -0.1) is 0 Å². The summed E-state index contributed by atoms with van der Waals surface area (Å²) in [5.74, 6) is -0.0448. The van der Waals surface area contributed by atoms with E-state index in [0.29, 0.717) is 10.2 Å². The third kappa shape index (κ3) is 3.91. The molecule has 0 aliphatic carbocycles. The normalized spacial score (nSPS) is 17.3. The molecule has 120 valence electrons. The molecule has 5 heteroatoms. The Hall–Kier alpha value is -1.88. The predicted octanol–water partition coefficient (Wildman–Crippen LogP) is 4.69. The highest BCUT2D eigenvalue weighted by Gasteiger charge is 2.18. The standard InChI is InChI=1S/C18H18BrFN2O/c1-12-6-7-22(11-12)17-4-2-16(3-5-17)21-18(23)13-8-14(19)10-15(20)9-13/h2-5,8-10,12H,6-7,11H2,1H3,(H,21,23). The Morgan fingerprint density at radius 1 is 1.26 bits per heavy atom. The largest absolute Gasteiger partial charge is 0.371 e. The Labute approximate surface area is 143 Å². The molecule has 1 unspecified atom stereocenters. The second-order valence-electron chi connectivity index (χ2n) is 6.00. The smallest absolute Gasteiger partial charge is 0.255 e. The van der Waals surface area contributed by atoms with Gasteiger partial charge in [0.15, 0.2) is 0 Å². The van der Waals surface area contributed by atoms with Crippen molar-refractivity contribution in [1.82, 2.24) is 0 Å². The van der Waals surface area contributed by atoms with E-state index in [-0.39, 0.29) is 11.5 Å². The molecular formula is C18H18BrFN2O. The van der Waals surface area contributed by atoms with Crippen LogP contribution in [0.15, 0.2) is 46.9 Å². The van der Waals surface area contributed by atoms with Gasteiger partial charge in [0.1, 0.15) is 5.82 Å². The van der Waals surface area contributed by atoms with E-state index in [1.807, 2.05) is 24.3 Å². The number of halogens is 2. The third-order valence-electron chi connectivity index (χ3n) is 4.04. The van der Waals surface area contributed by atoms with Crippen molar-refractivity contribution in [1.29, 1.82) is 0 Å². The van der Waals surface area contributed by atoms with Gasteiger partial charge in [0.05, 0.1) is 0 Å². The molecule has 3 rings (SSSR count). The average Bonchev–Trinajstić information content (AvgIpc) is 2.93. The van der Waals surface area contributed by atoms with E-state index in [4.69, 9.17) is 0 Å². The molecule has 0 bridgehead atoms. The number of nitrogens with zero attached hydrogens (tertiary/aromatic N) is 1. The van der Waals surface area contributed by atoms with Crippen LogP contribution in [-0.2, 0) is 0 Å². The maximum atomic E-state index is 13.4. The summed E-state index contributed by atoms with van der Waals surface area (Å²) in [5, 5.41) is 2.79. The molecule has 23 heavy (non-hydrogen) atoms. The first-order chi connectivity index (χ1) is 11.0. The Morgan fingerprint density at radius 2 is 2.00 bits per heavy atom. The second-order valence-corrected chi connectivity index (χ2v) is 6.91. The number of carbonyl (C=O) groups is 1. The highest BCUT2D eigenvalue weighted by Crippen LogP contribution is 2.25. The number of anilines is 2. The number of hydrogen-bond donors (Lipinski definition) is 1. The van der Waals surface area contributed by atoms with Gasteiger partial charge in [0.25, 0.3) is 5.91 Å². The molecule has 1 atom stereocenters. The van der Waals surface area contributed by atoms with Crippen molar-refractivity contribution < 1.29 is 9.18 Å². The maximum absolute atomic E-state index is 13.4. The van der Waals surface area contributed by atoms with Gasteiger partial charge >= 0.3 is 0 Å². The zero-order valence-corrected chi connectivity index (χ0v) is 14.4. The van der Waals surface area contributed by atoms with Gasteiger partial charge in [0.2, 0.25) is 0 Å². The molecule has 1 aliphatic heterocycles. The number of hydrogen-bond acceptors (Lipinski definition) is 2. The van der Waals surface area contributed by atoms with Gasteiger partial charge < -0.3 is 10.2 Å². The highest BCUT2D eigenvalue weighted by molar-refractivity contribution is 9.10. The lowest BCUT2D eigenvalue weighted by atomic mass is 10.2. The fourth-order valence-corrected chi connectivity index (χ4v) is 3.28. The number of benzene rings is 2. The van der Waals surface area contributed by atoms with E-state index in [2.05, 4.69) is 33.1 Å². The Kier molecular flexibility index (Phi) is 4.66. The lowest BCUT2D eigenvalue weighted by Gasteiger charge is -2.18. The number of amides is 1. The molecule has 1 heterocycles. The first-order valence-electron chi connectivity index (χ1n) is 7.64. The van der Waals surface area contributed by atoms with Crippen LogP contribution in [0.4, 0.5) is 15.8 Å². The summed E-state index contributed by atoms with van der Waals surface area (Å²) >= 11 is 3.19. The number of carbonyl (C=O) groups excluding carboxylic acids is 1. The van der Waals surface area contributed by atoms with Crippen LogP contribution in [0, 0.1) is 11.7 Å². The first kappa shape index (κ1) is 16.0. The van der Waals surface area contributed by atoms with Crippen LogP contribution in [0.5, 0.6) is 0 Å². The van der Waals surface area contributed by atoms with E-state index < -0.39 is 5.82 Å². The first-order valence-corrected chi connectivity index (χ1v) is 8.43. The number of nitrogens with one attached hydrogen (secondary N) is 1. The van der Waals surface area contributed by atoms with E-state index in [1.54, 1.807) is 6.07 Å². The topological polar surface area (TPSA) is 32.3 Å². The third-order valence-corrected chi connectivity index (χ3v) is 4.50. The molecule has 0 aromatic heterocycles. The zero-order chi connectivity index (χ0) is 16.4. The summed E-state index contributed by atoms with van der Waals surface area (Å²) in [7, 11) is 0. The molecule has 1 amide bonds. The maximum Gasteiger partial charge on any atom is 0.255 e. The van der Waals surface area contributed by atoms with Crippen LogP contribution >= 0.6 is 15.9 Å². The summed E-state index contributed by atoms with van der Waals surface area (Å²) in [6, 6.07) is 11.9. The fraction of sp³-hybridized carbons (Fsp3) is 0.278. The van der Waals surface area contributed by atoms with Crippen LogP contribution in [0.3, 0.4) is 0 Å². The van der Waals surface area contributed by atoms with Gasteiger partial charge in [-0.3, -0.25) is 4.79 Å². The van der Waals surface area contributed by atoms with Crippen molar-refractivity contribution in [3.63, 3.8) is 0 Å². The Morgan fingerprint density at radius 3 is 2.61 bits per heavy atom. The SMILES string of the molecule is CC1CCN(c2ccc(NC(=O)c3cc(F)cc(Br)c3)cc2)C1. The van der Waals surface area contributed by atoms with Crippen LogP contribution < -0.4 is 10.2 Å². The number of rotatable bonds is 3. The molecule has 1 aliphatic rings. The van der Waals surface area contributed by atoms with Crippen molar-refractivity contribution in [3.8, 4) is 0 Å². The van der Waals surface area contributed by atoms with Gasteiger partial charge in [-0.1, -0.05) is 22.9 Å². The summed E-state index contributed by atoms with van der Waals surface area (Å²) in [6.07, 6.45) is 1.22. The lowest BCUT2D eigenvalue weighted by molar-refractivity contribution is 0.102. The van der Waals surface area contributed by atoms with Crippen LogP contribution in [0.1, 0.15) is 23.7 Å². The van der Waals surface area contributed by atoms with E-state index in [1.165, 1.54) is 24.2 Å². The monoisotopic (exact) mass is 376 g/mol. The average molecular weight is 377 g/mol.